The van der Waals surface area contributed by atoms with Crippen molar-refractivity contribution in [2.24, 2.45) is 5.41 Å². The molecule has 0 saturated carbocycles. The van der Waals surface area contributed by atoms with Gasteiger partial charge in [0, 0.05) is 6.54 Å². The number of benzene rings is 3. The van der Waals surface area contributed by atoms with E-state index in [4.69, 9.17) is 16.6 Å². The summed E-state index contributed by atoms with van der Waals surface area (Å²) < 4.78 is 6.97. The highest BCUT2D eigenvalue weighted by Crippen LogP contribution is 2.37. The molecule has 0 unspecified atom stereocenters. The Morgan fingerprint density at radius 3 is 1.64 bits per heavy atom. The van der Waals surface area contributed by atoms with E-state index in [0.29, 0.717) is 29.3 Å². The van der Waals surface area contributed by atoms with Gasteiger partial charge in [-0.3, -0.25) is 14.5 Å². The van der Waals surface area contributed by atoms with Crippen LogP contribution in [0.4, 0.5) is 0 Å². The molecule has 1 heterocycles. The first-order chi connectivity index (χ1) is 18.4. The second-order valence-corrected chi connectivity index (χ2v) is 16.8. The van der Waals surface area contributed by atoms with Gasteiger partial charge in [-0.15, -0.1) is 0 Å². The van der Waals surface area contributed by atoms with E-state index in [9.17, 15) is 9.59 Å². The lowest BCUT2D eigenvalue weighted by Gasteiger charge is -2.43. The van der Waals surface area contributed by atoms with Gasteiger partial charge in [0.15, 0.2) is 0 Å². The van der Waals surface area contributed by atoms with E-state index in [0.717, 1.165) is 0 Å². The SMILES string of the molecule is CC(C)(C)[C@@H](C(=S)NCCO[Si](c1ccccc1)(c1ccccc1)C(C)(C)C)N1C(=O)c2ccccc2C1=O. The Balaban J connectivity index is 1.56. The van der Waals surface area contributed by atoms with Gasteiger partial charge in [-0.1, -0.05) is 127 Å². The lowest BCUT2D eigenvalue weighted by molar-refractivity contribution is 0.0543. The Bertz CT molecular complexity index is 1270. The van der Waals surface area contributed by atoms with Crippen LogP contribution in [0.2, 0.25) is 5.04 Å². The molecule has 1 aliphatic heterocycles. The third-order valence-corrected chi connectivity index (χ3v) is 12.7. The van der Waals surface area contributed by atoms with Gasteiger partial charge in [-0.25, -0.2) is 0 Å². The first-order valence-electron chi connectivity index (χ1n) is 13.4. The van der Waals surface area contributed by atoms with Crippen LogP contribution in [0.25, 0.3) is 0 Å². The van der Waals surface area contributed by atoms with Crippen LogP contribution in [0.3, 0.4) is 0 Å². The molecule has 204 valence electrons. The maximum Gasteiger partial charge on any atom is 0.262 e. The highest BCUT2D eigenvalue weighted by molar-refractivity contribution is 7.80. The fraction of sp³-hybridized carbons (Fsp3) is 0.344. The molecular formula is C32H38N2O3SSi. The first-order valence-corrected chi connectivity index (χ1v) is 15.7. The third kappa shape index (κ3) is 5.48. The minimum absolute atomic E-state index is 0.135. The Morgan fingerprint density at radius 2 is 1.23 bits per heavy atom. The highest BCUT2D eigenvalue weighted by atomic mass is 32.1. The molecule has 2 amide bonds. The van der Waals surface area contributed by atoms with Crippen LogP contribution >= 0.6 is 12.2 Å². The number of fused-ring (bicyclic) bond motifs is 1. The van der Waals surface area contributed by atoms with Crippen LogP contribution in [0.5, 0.6) is 0 Å². The quantitative estimate of drug-likeness (QED) is 0.178. The molecule has 0 aliphatic carbocycles. The minimum Gasteiger partial charge on any atom is -0.406 e. The van der Waals surface area contributed by atoms with E-state index in [-0.39, 0.29) is 16.9 Å². The van der Waals surface area contributed by atoms with Crippen molar-refractivity contribution in [3.8, 4) is 0 Å². The first kappa shape index (κ1) is 28.9. The van der Waals surface area contributed by atoms with E-state index >= 15 is 0 Å². The number of nitrogens with zero attached hydrogens (tertiary/aromatic N) is 1. The topological polar surface area (TPSA) is 58.6 Å². The Hall–Kier alpha value is -3.13. The number of nitrogens with one attached hydrogen (secondary N) is 1. The van der Waals surface area contributed by atoms with Crippen molar-refractivity contribution < 1.29 is 14.0 Å². The van der Waals surface area contributed by atoms with Crippen LogP contribution in [0, 0.1) is 5.41 Å². The molecule has 0 spiro atoms. The fourth-order valence-electron chi connectivity index (χ4n) is 5.58. The third-order valence-electron chi connectivity index (χ3n) is 7.29. The largest absolute Gasteiger partial charge is 0.406 e. The van der Waals surface area contributed by atoms with Crippen molar-refractivity contribution in [3.05, 3.63) is 96.1 Å². The number of rotatable bonds is 8. The Morgan fingerprint density at radius 1 is 0.795 bits per heavy atom. The number of hydrogen-bond acceptors (Lipinski definition) is 4. The summed E-state index contributed by atoms with van der Waals surface area (Å²) >= 11 is 5.84. The smallest absolute Gasteiger partial charge is 0.262 e. The van der Waals surface area contributed by atoms with E-state index in [1.807, 2.05) is 32.9 Å². The fourth-order valence-corrected chi connectivity index (χ4v) is 10.7. The van der Waals surface area contributed by atoms with E-state index in [1.54, 1.807) is 24.3 Å². The zero-order valence-corrected chi connectivity index (χ0v) is 25.5. The average molecular weight is 559 g/mol. The molecule has 1 N–H and O–H groups in total. The zero-order valence-electron chi connectivity index (χ0n) is 23.7. The normalized spacial score (nSPS) is 14.8. The van der Waals surface area contributed by atoms with E-state index < -0.39 is 19.8 Å². The van der Waals surface area contributed by atoms with Gasteiger partial charge in [0.2, 0.25) is 0 Å². The highest BCUT2D eigenvalue weighted by Gasteiger charge is 2.50. The maximum atomic E-state index is 13.3. The summed E-state index contributed by atoms with van der Waals surface area (Å²) in [6.45, 7) is 13.6. The summed E-state index contributed by atoms with van der Waals surface area (Å²) in [4.78, 5) is 28.4. The zero-order chi connectivity index (χ0) is 28.4. The molecule has 1 aliphatic rings. The van der Waals surface area contributed by atoms with Crippen molar-refractivity contribution in [2.75, 3.05) is 13.2 Å². The molecular weight excluding hydrogens is 521 g/mol. The van der Waals surface area contributed by atoms with Crippen molar-refractivity contribution in [2.45, 2.75) is 52.6 Å². The molecule has 0 radical (unpaired) electrons. The molecule has 5 nitrogen and oxygen atoms in total. The monoisotopic (exact) mass is 558 g/mol. The second-order valence-electron chi connectivity index (χ2n) is 12.1. The maximum absolute atomic E-state index is 13.3. The molecule has 3 aromatic carbocycles. The second kappa shape index (κ2) is 11.2. The van der Waals surface area contributed by atoms with Crippen LogP contribution in [-0.2, 0) is 4.43 Å². The molecule has 1 atom stereocenters. The summed E-state index contributed by atoms with van der Waals surface area (Å²) in [5.41, 5.74) is 0.389. The van der Waals surface area contributed by atoms with Crippen LogP contribution in [0.1, 0.15) is 62.3 Å². The Labute approximate surface area is 238 Å². The molecule has 3 aromatic rings. The average Bonchev–Trinajstić information content (AvgIpc) is 3.14. The summed E-state index contributed by atoms with van der Waals surface area (Å²) in [5, 5.41) is 5.63. The van der Waals surface area contributed by atoms with Gasteiger partial charge >= 0.3 is 0 Å². The number of imide groups is 1. The van der Waals surface area contributed by atoms with Crippen LogP contribution < -0.4 is 15.7 Å². The Kier molecular flexibility index (Phi) is 8.26. The van der Waals surface area contributed by atoms with Gasteiger partial charge in [0.1, 0.15) is 0 Å². The summed E-state index contributed by atoms with van der Waals surface area (Å²) in [7, 11) is -2.68. The molecule has 0 bridgehead atoms. The van der Waals surface area contributed by atoms with Gasteiger partial charge in [-0.2, -0.15) is 0 Å². The molecule has 0 saturated heterocycles. The minimum atomic E-state index is -2.68. The van der Waals surface area contributed by atoms with Gasteiger partial charge in [-0.05, 0) is 33.0 Å². The van der Waals surface area contributed by atoms with Crippen LogP contribution in [-0.4, -0.2) is 49.2 Å². The molecule has 0 aromatic heterocycles. The predicted octanol–water partition coefficient (Wildman–Crippen LogP) is 5.19. The van der Waals surface area contributed by atoms with Crippen molar-refractivity contribution in [1.82, 2.24) is 10.2 Å². The van der Waals surface area contributed by atoms with Gasteiger partial charge in [0.25, 0.3) is 20.1 Å². The number of carbonyl (C=O) groups excluding carboxylic acids is 2. The van der Waals surface area contributed by atoms with Crippen LogP contribution in [0.15, 0.2) is 84.9 Å². The number of thiocarbonyl (C=S) groups is 1. The number of hydrogen-bond donors (Lipinski definition) is 1. The molecule has 7 heteroatoms. The van der Waals surface area contributed by atoms with Crippen molar-refractivity contribution >= 4 is 47.7 Å². The molecule has 4 rings (SSSR count). The lowest BCUT2D eigenvalue weighted by Crippen LogP contribution is -2.67. The van der Waals surface area contributed by atoms with Gasteiger partial charge in [0.05, 0.1) is 28.8 Å². The lowest BCUT2D eigenvalue weighted by atomic mass is 9.85. The predicted molar refractivity (Wildman–Crippen MR) is 164 cm³/mol. The number of carbonyl (C=O) groups is 2. The summed E-state index contributed by atoms with van der Waals surface area (Å²) in [6.07, 6.45) is 0. The van der Waals surface area contributed by atoms with Gasteiger partial charge < -0.3 is 9.74 Å². The van der Waals surface area contributed by atoms with Crippen molar-refractivity contribution in [3.63, 3.8) is 0 Å². The van der Waals surface area contributed by atoms with Crippen molar-refractivity contribution in [1.29, 1.82) is 0 Å². The standard InChI is InChI=1S/C32H38N2O3SSi/c1-31(2,3)27(34-29(35)25-19-13-14-20-26(25)30(34)36)28(38)33-21-22-37-39(32(4,5)6,23-15-9-7-10-16-23)24-17-11-8-12-18-24/h7-20,27H,21-22H2,1-6H3,(H,33,38)/t27-/m1/s1. The number of amides is 2. The van der Waals surface area contributed by atoms with E-state index in [1.165, 1.54) is 15.3 Å². The summed E-state index contributed by atoms with van der Waals surface area (Å²) in [5.74, 6) is -0.605. The molecule has 39 heavy (non-hydrogen) atoms. The molecule has 0 fully saturated rings. The van der Waals surface area contributed by atoms with E-state index in [2.05, 4.69) is 74.6 Å². The summed E-state index contributed by atoms with van der Waals surface area (Å²) in [6, 6.07) is 27.4.